The number of rotatable bonds is 10. The van der Waals surface area contributed by atoms with Crippen LogP contribution in [0.25, 0.3) is 0 Å². The van der Waals surface area contributed by atoms with Crippen LogP contribution in [-0.4, -0.2) is 39.9 Å². The van der Waals surface area contributed by atoms with Gasteiger partial charge in [0.25, 0.3) is 0 Å². The molecule has 6 unspecified atom stereocenters. The van der Waals surface area contributed by atoms with Gasteiger partial charge in [0.15, 0.2) is 0 Å². The molecule has 8 rings (SSSR count). The molecule has 8 aliphatic carbocycles. The second kappa shape index (κ2) is 23.8. The Kier molecular flexibility index (Phi) is 22.0. The summed E-state index contributed by atoms with van der Waals surface area (Å²) in [5.41, 5.74) is 5.21. The first-order valence-electron chi connectivity index (χ1n) is 25.9. The summed E-state index contributed by atoms with van der Waals surface area (Å²) in [5.74, 6) is 10.9. The van der Waals surface area contributed by atoms with Gasteiger partial charge in [-0.05, 0) is 195 Å². The molecule has 6 nitrogen and oxygen atoms in total. The second-order valence-corrected chi connectivity index (χ2v) is 25.6. The molecule has 6 fully saturated rings. The predicted molar refractivity (Wildman–Crippen MR) is 249 cm³/mol. The van der Waals surface area contributed by atoms with Crippen LogP contribution in [0.5, 0.6) is 0 Å². The molecule has 352 valence electrons. The van der Waals surface area contributed by atoms with Crippen molar-refractivity contribution < 1.29 is 131 Å². The van der Waals surface area contributed by atoms with Gasteiger partial charge in [-0.15, -0.1) is 0 Å². The van der Waals surface area contributed by atoms with Crippen molar-refractivity contribution in [1.82, 2.24) is 0 Å². The van der Waals surface area contributed by atoms with E-state index < -0.39 is 10.4 Å². The fourth-order valence-electron chi connectivity index (χ4n) is 17.3. The van der Waals surface area contributed by atoms with E-state index in [0.717, 1.165) is 96.7 Å². The van der Waals surface area contributed by atoms with Crippen molar-refractivity contribution in [3.63, 3.8) is 0 Å². The van der Waals surface area contributed by atoms with Crippen LogP contribution in [0.1, 0.15) is 210 Å². The molecule has 0 aromatic rings. The monoisotopic (exact) mass is 947 g/mol. The zero-order chi connectivity index (χ0) is 44.7. The van der Waals surface area contributed by atoms with Gasteiger partial charge >= 0.3 is 103 Å². The van der Waals surface area contributed by atoms with E-state index in [0.29, 0.717) is 21.7 Å². The maximum atomic E-state index is 10.2. The SMILES string of the molecule is CC(C)CCC[C@@H](C)[C@H]1CCC2C3CC=C4CC(O)CC[C@]4(C)C3CC[C@@]21C.CC(C)CCC[C@@H](C)[C@H]1CCC2[C@H]3CC=C4CC(O)CC[C@]4(C)[C@@H]3CC[C@@]21C.O=S(=O)([O-])[O-].[K+].[K+]. The predicted octanol–water partition coefficient (Wildman–Crippen LogP) is 7.45. The molecule has 0 amide bonds. The molecule has 63 heavy (non-hydrogen) atoms. The van der Waals surface area contributed by atoms with Crippen LogP contribution in [-0.2, 0) is 10.4 Å². The van der Waals surface area contributed by atoms with E-state index in [9.17, 15) is 10.2 Å². The standard InChI is InChI=1S/2C27H46O.2K.H2O4S/c2*1-18(2)7-6-8-19(3)23-11-12-24-22-10-9-20-17-21(28)13-15-26(20,4)25(22)14-16-27(23,24)5;;;1-5(2,3)4/h2*9,18-19,21-25,28H,6-8,10-17H2,1-5H3;;;(H2,1,2,3,4)/q;;2*+1;/p-2/t19-,21?,22?,23-,24?,25?,26+,27-;19-,21?,22-,23-,24?,25-,26+,27-;;;/m11.../s1. The second-order valence-electron chi connectivity index (χ2n) is 24.8. The van der Waals surface area contributed by atoms with Gasteiger partial charge in [0, 0.05) is 10.4 Å². The zero-order valence-corrected chi connectivity index (χ0v) is 49.8. The number of aliphatic hydroxyl groups excluding tert-OH is 2. The van der Waals surface area contributed by atoms with Crippen molar-refractivity contribution in [2.24, 2.45) is 92.7 Å². The van der Waals surface area contributed by atoms with Gasteiger partial charge in [-0.2, -0.15) is 0 Å². The minimum atomic E-state index is -5.17. The molecule has 6 saturated carbocycles. The van der Waals surface area contributed by atoms with Gasteiger partial charge in [0.2, 0.25) is 0 Å². The van der Waals surface area contributed by atoms with Crippen molar-refractivity contribution >= 4 is 10.4 Å². The van der Waals surface area contributed by atoms with Crippen molar-refractivity contribution in [3.8, 4) is 0 Å². The molecular formula is C54H92K2O6S. The summed E-state index contributed by atoms with van der Waals surface area (Å²) in [6.45, 7) is 25.1. The third-order valence-corrected chi connectivity index (χ3v) is 20.6. The van der Waals surface area contributed by atoms with Crippen LogP contribution in [0.2, 0.25) is 0 Å². The van der Waals surface area contributed by atoms with Gasteiger partial charge in [0.05, 0.1) is 12.2 Å². The molecule has 2 N–H and O–H groups in total. The number of aliphatic hydroxyl groups is 2. The van der Waals surface area contributed by atoms with Crippen molar-refractivity contribution in [1.29, 1.82) is 0 Å². The van der Waals surface area contributed by atoms with E-state index in [4.69, 9.17) is 17.5 Å². The Labute approximate surface area is 473 Å². The molecule has 8 aliphatic rings. The average molecular weight is 948 g/mol. The van der Waals surface area contributed by atoms with E-state index in [1.54, 1.807) is 11.1 Å². The number of hydrogen-bond acceptors (Lipinski definition) is 6. The van der Waals surface area contributed by atoms with Crippen molar-refractivity contribution in [2.75, 3.05) is 0 Å². The largest absolute Gasteiger partial charge is 1.00 e. The van der Waals surface area contributed by atoms with Crippen LogP contribution < -0.4 is 103 Å². The third kappa shape index (κ3) is 13.2. The van der Waals surface area contributed by atoms with Crippen LogP contribution in [0.4, 0.5) is 0 Å². The van der Waals surface area contributed by atoms with Crippen LogP contribution in [0, 0.1) is 92.7 Å². The van der Waals surface area contributed by atoms with E-state index in [1.165, 1.54) is 116 Å². The molecule has 16 atom stereocenters. The maximum absolute atomic E-state index is 10.2. The Morgan fingerprint density at radius 2 is 0.905 bits per heavy atom. The Hall–Kier alpha value is 2.54. The van der Waals surface area contributed by atoms with Gasteiger partial charge in [0.1, 0.15) is 0 Å². The molecule has 0 bridgehead atoms. The van der Waals surface area contributed by atoms with Gasteiger partial charge in [-0.1, -0.05) is 131 Å². The number of allylic oxidation sites excluding steroid dienone is 2. The fourth-order valence-corrected chi connectivity index (χ4v) is 17.3. The van der Waals surface area contributed by atoms with E-state index in [1.807, 2.05) is 0 Å². The number of fused-ring (bicyclic) bond motifs is 10. The molecule has 0 heterocycles. The Morgan fingerprint density at radius 1 is 0.556 bits per heavy atom. The summed E-state index contributed by atoms with van der Waals surface area (Å²) < 4.78 is 34.1. The Morgan fingerprint density at radius 3 is 1.24 bits per heavy atom. The first-order valence-corrected chi connectivity index (χ1v) is 27.3. The van der Waals surface area contributed by atoms with Gasteiger partial charge in [-0.25, -0.2) is 0 Å². The van der Waals surface area contributed by atoms with Crippen molar-refractivity contribution in [3.05, 3.63) is 23.3 Å². The molecule has 0 aromatic heterocycles. The van der Waals surface area contributed by atoms with E-state index in [2.05, 4.69) is 81.4 Å². The molecule has 0 aromatic carbocycles. The van der Waals surface area contributed by atoms with Crippen molar-refractivity contribution in [2.45, 2.75) is 223 Å². The topological polar surface area (TPSA) is 121 Å². The van der Waals surface area contributed by atoms with E-state index in [-0.39, 0.29) is 115 Å². The Balaban J connectivity index is 0.000000243. The van der Waals surface area contributed by atoms with E-state index >= 15 is 0 Å². The summed E-state index contributed by atoms with van der Waals surface area (Å²) in [5, 5.41) is 20.4. The smallest absolute Gasteiger partial charge is 0.759 e. The minimum Gasteiger partial charge on any atom is -0.759 e. The molecule has 9 heteroatoms. The summed E-state index contributed by atoms with van der Waals surface area (Å²) in [6.07, 6.45) is 34.3. The summed E-state index contributed by atoms with van der Waals surface area (Å²) in [6, 6.07) is 0. The molecule has 0 aliphatic heterocycles. The molecular weight excluding hydrogens is 855 g/mol. The molecule has 0 radical (unpaired) electrons. The minimum absolute atomic E-state index is 0. The first-order chi connectivity index (χ1) is 28.5. The zero-order valence-electron chi connectivity index (χ0n) is 42.7. The average Bonchev–Trinajstić information content (AvgIpc) is 3.71. The quantitative estimate of drug-likeness (QED) is 0.102. The third-order valence-electron chi connectivity index (χ3n) is 20.6. The Bertz CT molecular complexity index is 1540. The van der Waals surface area contributed by atoms with Crippen LogP contribution in [0.3, 0.4) is 0 Å². The molecule has 0 spiro atoms. The fraction of sp³-hybridized carbons (Fsp3) is 0.926. The van der Waals surface area contributed by atoms with Crippen LogP contribution >= 0.6 is 0 Å². The normalized spacial score (nSPS) is 42.3. The summed E-state index contributed by atoms with van der Waals surface area (Å²) in [4.78, 5) is 0. The van der Waals surface area contributed by atoms with Crippen LogP contribution in [0.15, 0.2) is 23.3 Å². The summed E-state index contributed by atoms with van der Waals surface area (Å²) >= 11 is 0. The first kappa shape index (κ1) is 58.1. The number of hydrogen-bond donors (Lipinski definition) is 2. The molecule has 0 saturated heterocycles. The summed E-state index contributed by atoms with van der Waals surface area (Å²) in [7, 11) is -5.17. The maximum Gasteiger partial charge on any atom is 1.00 e. The van der Waals surface area contributed by atoms with Gasteiger partial charge < -0.3 is 19.3 Å². The van der Waals surface area contributed by atoms with Gasteiger partial charge in [-0.3, -0.25) is 8.42 Å².